The van der Waals surface area contributed by atoms with Gasteiger partial charge in [0.05, 0.1) is 6.04 Å². The van der Waals surface area contributed by atoms with Gasteiger partial charge in [0, 0.05) is 6.21 Å². The molecule has 74 valence electrons. The summed E-state index contributed by atoms with van der Waals surface area (Å²) in [6, 6.07) is 10.8. The second-order valence-corrected chi connectivity index (χ2v) is 3.67. The van der Waals surface area contributed by atoms with E-state index >= 15 is 0 Å². The molecule has 1 heterocycles. The van der Waals surface area contributed by atoms with Gasteiger partial charge >= 0.3 is 0 Å². The molecule has 0 amide bonds. The maximum atomic E-state index is 4.59. The molecule has 0 aromatic heterocycles. The summed E-state index contributed by atoms with van der Waals surface area (Å²) in [6.07, 6.45) is 4.34. The van der Waals surface area contributed by atoms with Crippen molar-refractivity contribution in [3.8, 4) is 0 Å². The molecule has 1 saturated heterocycles. The lowest BCUT2D eigenvalue weighted by Gasteiger charge is -2.18. The number of nitrogens with zero attached hydrogens (tertiary/aromatic N) is 1. The Morgan fingerprint density at radius 3 is 2.57 bits per heavy atom. The molecular formula is C12H16N2. The van der Waals surface area contributed by atoms with Gasteiger partial charge in [0.2, 0.25) is 0 Å². The maximum Gasteiger partial charge on any atom is 0.0524 e. The average Bonchev–Trinajstić information content (AvgIpc) is 2.29. The van der Waals surface area contributed by atoms with Crippen molar-refractivity contribution >= 4 is 6.21 Å². The van der Waals surface area contributed by atoms with Gasteiger partial charge in [0.15, 0.2) is 0 Å². The van der Waals surface area contributed by atoms with Crippen LogP contribution in [0, 0.1) is 0 Å². The Labute approximate surface area is 85.1 Å². The zero-order valence-corrected chi connectivity index (χ0v) is 8.32. The smallest absolute Gasteiger partial charge is 0.0524 e. The van der Waals surface area contributed by atoms with Gasteiger partial charge in [0.1, 0.15) is 0 Å². The van der Waals surface area contributed by atoms with Crippen molar-refractivity contribution in [1.82, 2.24) is 5.32 Å². The summed E-state index contributed by atoms with van der Waals surface area (Å²) in [5.41, 5.74) is 1.20. The first-order valence-electron chi connectivity index (χ1n) is 5.24. The van der Waals surface area contributed by atoms with E-state index in [0.29, 0.717) is 6.04 Å². The van der Waals surface area contributed by atoms with Crippen molar-refractivity contribution in [1.29, 1.82) is 0 Å². The summed E-state index contributed by atoms with van der Waals surface area (Å²) in [5.74, 6) is 0. The highest BCUT2D eigenvalue weighted by atomic mass is 14.9. The predicted octanol–water partition coefficient (Wildman–Crippen LogP) is 1.86. The summed E-state index contributed by atoms with van der Waals surface area (Å²) in [7, 11) is 0. The van der Waals surface area contributed by atoms with E-state index in [0.717, 1.165) is 13.1 Å². The van der Waals surface area contributed by atoms with E-state index in [-0.39, 0.29) is 0 Å². The molecule has 0 spiro atoms. The van der Waals surface area contributed by atoms with E-state index in [1.807, 2.05) is 24.4 Å². The standard InChI is InChI=1S/C12H16N2/c1-2-4-11(5-3-1)10-14-12-6-8-13-9-7-12/h1-5,10,12-13H,6-9H2. The van der Waals surface area contributed by atoms with E-state index in [9.17, 15) is 0 Å². The van der Waals surface area contributed by atoms with Crippen LogP contribution in [0.5, 0.6) is 0 Å². The van der Waals surface area contributed by atoms with Crippen LogP contribution in [0.3, 0.4) is 0 Å². The summed E-state index contributed by atoms with van der Waals surface area (Å²) in [5, 5.41) is 3.34. The fourth-order valence-corrected chi connectivity index (χ4v) is 1.69. The van der Waals surface area contributed by atoms with E-state index in [4.69, 9.17) is 0 Å². The van der Waals surface area contributed by atoms with Crippen molar-refractivity contribution in [2.24, 2.45) is 4.99 Å². The van der Waals surface area contributed by atoms with E-state index in [1.165, 1.54) is 18.4 Å². The van der Waals surface area contributed by atoms with Gasteiger partial charge < -0.3 is 5.32 Å². The van der Waals surface area contributed by atoms with Crippen molar-refractivity contribution in [2.75, 3.05) is 13.1 Å². The third-order valence-corrected chi connectivity index (χ3v) is 2.54. The highest BCUT2D eigenvalue weighted by Crippen LogP contribution is 2.06. The number of hydrogen-bond acceptors (Lipinski definition) is 2. The minimum atomic E-state index is 0.524. The fourth-order valence-electron chi connectivity index (χ4n) is 1.69. The predicted molar refractivity (Wildman–Crippen MR) is 59.9 cm³/mol. The molecule has 2 rings (SSSR count). The van der Waals surface area contributed by atoms with Crippen LogP contribution in [0.15, 0.2) is 35.3 Å². The zero-order chi connectivity index (χ0) is 9.64. The summed E-state index contributed by atoms with van der Waals surface area (Å²) < 4.78 is 0. The molecule has 14 heavy (non-hydrogen) atoms. The van der Waals surface area contributed by atoms with Crippen molar-refractivity contribution in [2.45, 2.75) is 18.9 Å². The van der Waals surface area contributed by atoms with Crippen LogP contribution in [0.2, 0.25) is 0 Å². The van der Waals surface area contributed by atoms with E-state index < -0.39 is 0 Å². The van der Waals surface area contributed by atoms with Gasteiger partial charge in [-0.05, 0) is 31.5 Å². The van der Waals surface area contributed by atoms with Crippen LogP contribution in [0.25, 0.3) is 0 Å². The monoisotopic (exact) mass is 188 g/mol. The molecule has 0 aliphatic carbocycles. The number of aliphatic imine (C=N–C) groups is 1. The first kappa shape index (κ1) is 9.41. The molecule has 1 aromatic rings. The Hall–Kier alpha value is -1.15. The first-order chi connectivity index (χ1) is 6.95. The molecule has 1 N–H and O–H groups in total. The highest BCUT2D eigenvalue weighted by molar-refractivity contribution is 5.79. The Kier molecular flexibility index (Phi) is 3.30. The molecule has 1 fully saturated rings. The minimum absolute atomic E-state index is 0.524. The molecule has 0 radical (unpaired) electrons. The number of piperidine rings is 1. The van der Waals surface area contributed by atoms with Crippen molar-refractivity contribution < 1.29 is 0 Å². The number of rotatable bonds is 2. The maximum absolute atomic E-state index is 4.59. The van der Waals surface area contributed by atoms with Gasteiger partial charge in [0.25, 0.3) is 0 Å². The van der Waals surface area contributed by atoms with Gasteiger partial charge in [-0.15, -0.1) is 0 Å². The second-order valence-electron chi connectivity index (χ2n) is 3.67. The fraction of sp³-hybridized carbons (Fsp3) is 0.417. The molecule has 0 atom stereocenters. The molecule has 1 aromatic carbocycles. The zero-order valence-electron chi connectivity index (χ0n) is 8.32. The second kappa shape index (κ2) is 4.91. The van der Waals surface area contributed by atoms with Crippen molar-refractivity contribution in [3.05, 3.63) is 35.9 Å². The first-order valence-corrected chi connectivity index (χ1v) is 5.24. The summed E-state index contributed by atoms with van der Waals surface area (Å²) in [6.45, 7) is 2.22. The number of nitrogens with one attached hydrogen (secondary N) is 1. The molecule has 2 nitrogen and oxygen atoms in total. The normalized spacial score (nSPS) is 18.9. The van der Waals surface area contributed by atoms with Crippen LogP contribution in [-0.4, -0.2) is 25.3 Å². The van der Waals surface area contributed by atoms with Crippen LogP contribution in [0.1, 0.15) is 18.4 Å². The molecule has 0 bridgehead atoms. The lowest BCUT2D eigenvalue weighted by atomic mass is 10.1. The molecule has 1 aliphatic heterocycles. The van der Waals surface area contributed by atoms with Crippen molar-refractivity contribution in [3.63, 3.8) is 0 Å². The van der Waals surface area contributed by atoms with Crippen LogP contribution in [0.4, 0.5) is 0 Å². The van der Waals surface area contributed by atoms with E-state index in [1.54, 1.807) is 0 Å². The summed E-state index contributed by atoms with van der Waals surface area (Å²) >= 11 is 0. The van der Waals surface area contributed by atoms with Crippen LogP contribution in [-0.2, 0) is 0 Å². The Morgan fingerprint density at radius 2 is 1.86 bits per heavy atom. The largest absolute Gasteiger partial charge is 0.317 e. The molecule has 0 unspecified atom stereocenters. The van der Waals surface area contributed by atoms with Gasteiger partial charge in [-0.25, -0.2) is 0 Å². The Morgan fingerprint density at radius 1 is 1.14 bits per heavy atom. The van der Waals surface area contributed by atoms with Crippen LogP contribution < -0.4 is 5.32 Å². The molecule has 0 saturated carbocycles. The molecular weight excluding hydrogens is 172 g/mol. The third-order valence-electron chi connectivity index (χ3n) is 2.54. The molecule has 1 aliphatic rings. The number of benzene rings is 1. The molecule has 2 heteroatoms. The lowest BCUT2D eigenvalue weighted by molar-refractivity contribution is 0.461. The van der Waals surface area contributed by atoms with Gasteiger partial charge in [-0.1, -0.05) is 30.3 Å². The average molecular weight is 188 g/mol. The number of hydrogen-bond donors (Lipinski definition) is 1. The SMILES string of the molecule is C(=NC1CCNCC1)c1ccccc1. The third kappa shape index (κ3) is 2.67. The van der Waals surface area contributed by atoms with Gasteiger partial charge in [-0.2, -0.15) is 0 Å². The summed E-state index contributed by atoms with van der Waals surface area (Å²) in [4.78, 5) is 4.59. The van der Waals surface area contributed by atoms with Crippen LogP contribution >= 0.6 is 0 Å². The van der Waals surface area contributed by atoms with Gasteiger partial charge in [-0.3, -0.25) is 4.99 Å². The quantitative estimate of drug-likeness (QED) is 0.704. The minimum Gasteiger partial charge on any atom is -0.317 e. The Bertz CT molecular complexity index is 286. The Balaban J connectivity index is 1.93. The lowest BCUT2D eigenvalue weighted by Crippen LogP contribution is -2.29. The topological polar surface area (TPSA) is 24.4 Å². The van der Waals surface area contributed by atoms with E-state index in [2.05, 4.69) is 22.4 Å². The highest BCUT2D eigenvalue weighted by Gasteiger charge is 2.09.